The number of rotatable bonds is 7. The first-order valence-corrected chi connectivity index (χ1v) is 11.5. The Kier molecular flexibility index (Phi) is 5.83. The third kappa shape index (κ3) is 4.75. The number of nitrogens with one attached hydrogen (secondary N) is 1. The highest BCUT2D eigenvalue weighted by Crippen LogP contribution is 2.26. The Hall–Kier alpha value is -3.65. The number of pyridine rings is 1. The molecule has 8 heteroatoms. The lowest BCUT2D eigenvalue weighted by Gasteiger charge is -2.07. The van der Waals surface area contributed by atoms with Crippen LogP contribution in [0.4, 0.5) is 4.79 Å². The van der Waals surface area contributed by atoms with Gasteiger partial charge in [-0.2, -0.15) is 0 Å². The number of hydrogen-bond acceptors (Lipinski definition) is 7. The molecule has 1 aliphatic heterocycles. The molecule has 1 saturated heterocycles. The zero-order valence-electron chi connectivity index (χ0n) is 17.9. The SMILES string of the molecule is Cc1oc(-c2ccc3ccccc3c2)nc1CCOc1ccc(CC2SC(=O)NC2=O)cn1. The molecule has 166 valence electrons. The maximum absolute atomic E-state index is 11.7. The van der Waals surface area contributed by atoms with Crippen LogP contribution in [0.2, 0.25) is 0 Å². The number of amides is 2. The fraction of sp³-hybridized carbons (Fsp3) is 0.200. The molecule has 7 nitrogen and oxygen atoms in total. The summed E-state index contributed by atoms with van der Waals surface area (Å²) < 4.78 is 11.7. The van der Waals surface area contributed by atoms with Crippen molar-refractivity contribution in [3.05, 3.63) is 77.8 Å². The van der Waals surface area contributed by atoms with Crippen LogP contribution in [-0.4, -0.2) is 33.0 Å². The minimum absolute atomic E-state index is 0.253. The van der Waals surface area contributed by atoms with Gasteiger partial charge >= 0.3 is 0 Å². The van der Waals surface area contributed by atoms with Gasteiger partial charge in [-0.3, -0.25) is 14.9 Å². The molecule has 1 atom stereocenters. The molecule has 0 spiro atoms. The molecule has 2 amide bonds. The first-order chi connectivity index (χ1) is 16.0. The molecule has 33 heavy (non-hydrogen) atoms. The van der Waals surface area contributed by atoms with E-state index in [0.29, 0.717) is 31.2 Å². The van der Waals surface area contributed by atoms with Crippen molar-refractivity contribution in [3.8, 4) is 17.3 Å². The summed E-state index contributed by atoms with van der Waals surface area (Å²) in [5.41, 5.74) is 2.66. The predicted molar refractivity (Wildman–Crippen MR) is 126 cm³/mol. The number of carbonyl (C=O) groups excluding carboxylic acids is 2. The second-order valence-electron chi connectivity index (χ2n) is 7.77. The number of imide groups is 1. The van der Waals surface area contributed by atoms with Gasteiger partial charge in [0.1, 0.15) is 5.76 Å². The van der Waals surface area contributed by atoms with Crippen molar-refractivity contribution in [1.82, 2.24) is 15.3 Å². The molecule has 5 rings (SSSR count). The summed E-state index contributed by atoms with van der Waals surface area (Å²) >= 11 is 1.01. The van der Waals surface area contributed by atoms with E-state index in [9.17, 15) is 9.59 Å². The van der Waals surface area contributed by atoms with Crippen LogP contribution >= 0.6 is 11.8 Å². The summed E-state index contributed by atoms with van der Waals surface area (Å²) in [5, 5.41) is 3.91. The quantitative estimate of drug-likeness (QED) is 0.428. The molecule has 2 aromatic heterocycles. The minimum atomic E-state index is -0.405. The summed E-state index contributed by atoms with van der Waals surface area (Å²) in [6.07, 6.45) is 2.71. The van der Waals surface area contributed by atoms with Crippen LogP contribution < -0.4 is 10.1 Å². The van der Waals surface area contributed by atoms with Gasteiger partial charge in [0.2, 0.25) is 17.7 Å². The number of thioether (sulfide) groups is 1. The highest BCUT2D eigenvalue weighted by Gasteiger charge is 2.31. The van der Waals surface area contributed by atoms with Crippen molar-refractivity contribution in [3.63, 3.8) is 0 Å². The number of aryl methyl sites for hydroxylation is 1. The second kappa shape index (κ2) is 9.07. The average Bonchev–Trinajstić information content (AvgIpc) is 3.35. The Bertz CT molecular complexity index is 1330. The van der Waals surface area contributed by atoms with Gasteiger partial charge in [-0.25, -0.2) is 9.97 Å². The first kappa shape index (κ1) is 21.2. The number of benzene rings is 2. The van der Waals surface area contributed by atoms with Gasteiger partial charge < -0.3 is 9.15 Å². The van der Waals surface area contributed by atoms with Crippen LogP contribution in [-0.2, 0) is 17.6 Å². The average molecular weight is 460 g/mol. The number of nitrogens with zero attached hydrogens (tertiary/aromatic N) is 2. The molecule has 4 aromatic rings. The molecule has 1 fully saturated rings. The Morgan fingerprint density at radius 2 is 1.94 bits per heavy atom. The lowest BCUT2D eigenvalue weighted by Crippen LogP contribution is -2.25. The molecule has 1 unspecified atom stereocenters. The third-order valence-electron chi connectivity index (χ3n) is 5.46. The van der Waals surface area contributed by atoms with Gasteiger partial charge in [-0.1, -0.05) is 48.2 Å². The standard InChI is InChI=1S/C25H21N3O4S/c1-15-20(27-24(32-15)19-8-7-17-4-2-3-5-18(17)13-19)10-11-31-22-9-6-16(14-26-22)12-21-23(29)28-25(30)33-21/h2-9,13-14,21H,10-12H2,1H3,(H,28,29,30). The summed E-state index contributed by atoms with van der Waals surface area (Å²) in [4.78, 5) is 32.0. The largest absolute Gasteiger partial charge is 0.477 e. The van der Waals surface area contributed by atoms with E-state index in [1.807, 2.05) is 31.2 Å². The molecule has 0 saturated carbocycles. The maximum atomic E-state index is 11.7. The first-order valence-electron chi connectivity index (χ1n) is 10.6. The second-order valence-corrected chi connectivity index (χ2v) is 8.95. The van der Waals surface area contributed by atoms with Crippen LogP contribution in [0.3, 0.4) is 0 Å². The number of aromatic nitrogens is 2. The molecule has 0 bridgehead atoms. The lowest BCUT2D eigenvalue weighted by molar-refractivity contribution is -0.118. The summed E-state index contributed by atoms with van der Waals surface area (Å²) in [6, 6.07) is 18.0. The maximum Gasteiger partial charge on any atom is 0.286 e. The fourth-order valence-electron chi connectivity index (χ4n) is 3.72. The van der Waals surface area contributed by atoms with Gasteiger partial charge in [-0.05, 0) is 41.8 Å². The summed E-state index contributed by atoms with van der Waals surface area (Å²) in [5.74, 6) is 1.61. The minimum Gasteiger partial charge on any atom is -0.477 e. The van der Waals surface area contributed by atoms with Crippen LogP contribution in [0.15, 0.2) is 65.2 Å². The highest BCUT2D eigenvalue weighted by atomic mass is 32.2. The van der Waals surface area contributed by atoms with Crippen LogP contribution in [0.1, 0.15) is 17.0 Å². The van der Waals surface area contributed by atoms with Gasteiger partial charge in [0.05, 0.1) is 17.6 Å². The molecule has 1 N–H and O–H groups in total. The summed E-state index contributed by atoms with van der Waals surface area (Å²) in [6.45, 7) is 2.31. The number of carbonyl (C=O) groups is 2. The predicted octanol–water partition coefficient (Wildman–Crippen LogP) is 4.71. The van der Waals surface area contributed by atoms with E-state index in [1.165, 1.54) is 5.39 Å². The van der Waals surface area contributed by atoms with E-state index < -0.39 is 5.25 Å². The van der Waals surface area contributed by atoms with Gasteiger partial charge in [-0.15, -0.1) is 0 Å². The lowest BCUT2D eigenvalue weighted by atomic mass is 10.1. The monoisotopic (exact) mass is 459 g/mol. The zero-order chi connectivity index (χ0) is 22.8. The molecule has 1 aliphatic rings. The number of hydrogen-bond donors (Lipinski definition) is 1. The summed E-state index contributed by atoms with van der Waals surface area (Å²) in [7, 11) is 0. The Labute approximate surface area is 194 Å². The Balaban J connectivity index is 1.18. The van der Waals surface area contributed by atoms with E-state index in [-0.39, 0.29) is 11.1 Å². The molecule has 3 heterocycles. The van der Waals surface area contributed by atoms with E-state index in [2.05, 4.69) is 39.6 Å². The van der Waals surface area contributed by atoms with Crippen LogP contribution in [0.25, 0.3) is 22.2 Å². The smallest absolute Gasteiger partial charge is 0.286 e. The van der Waals surface area contributed by atoms with E-state index in [0.717, 1.165) is 39.7 Å². The van der Waals surface area contributed by atoms with Crippen LogP contribution in [0.5, 0.6) is 5.88 Å². The zero-order valence-corrected chi connectivity index (χ0v) is 18.7. The number of oxazole rings is 1. The number of ether oxygens (including phenoxy) is 1. The van der Waals surface area contributed by atoms with Crippen molar-refractivity contribution < 1.29 is 18.7 Å². The molecule has 0 aliphatic carbocycles. The molecular formula is C25H21N3O4S. The molecule has 2 aromatic carbocycles. The van der Waals surface area contributed by atoms with E-state index in [1.54, 1.807) is 12.3 Å². The number of fused-ring (bicyclic) bond motifs is 1. The van der Waals surface area contributed by atoms with Gasteiger partial charge in [0.15, 0.2) is 0 Å². The van der Waals surface area contributed by atoms with Crippen molar-refractivity contribution in [1.29, 1.82) is 0 Å². The molecular weight excluding hydrogens is 438 g/mol. The van der Waals surface area contributed by atoms with E-state index >= 15 is 0 Å². The van der Waals surface area contributed by atoms with Crippen molar-refractivity contribution in [2.45, 2.75) is 25.0 Å². The highest BCUT2D eigenvalue weighted by molar-refractivity contribution is 8.15. The van der Waals surface area contributed by atoms with Gasteiger partial charge in [0.25, 0.3) is 5.24 Å². The Morgan fingerprint density at radius 1 is 1.09 bits per heavy atom. The topological polar surface area (TPSA) is 94.3 Å². The van der Waals surface area contributed by atoms with Crippen molar-refractivity contribution >= 4 is 33.7 Å². The molecule has 0 radical (unpaired) electrons. The Morgan fingerprint density at radius 3 is 2.70 bits per heavy atom. The van der Waals surface area contributed by atoms with Gasteiger partial charge in [0, 0.05) is 24.2 Å². The fourth-order valence-corrected chi connectivity index (χ4v) is 4.58. The van der Waals surface area contributed by atoms with E-state index in [4.69, 9.17) is 9.15 Å². The normalized spacial score (nSPS) is 15.7. The van der Waals surface area contributed by atoms with Crippen molar-refractivity contribution in [2.75, 3.05) is 6.61 Å². The van der Waals surface area contributed by atoms with Crippen LogP contribution in [0, 0.1) is 6.92 Å². The van der Waals surface area contributed by atoms with Crippen molar-refractivity contribution in [2.24, 2.45) is 0 Å². The third-order valence-corrected chi connectivity index (χ3v) is 6.44.